The number of aromatic nitrogens is 3. The summed E-state index contributed by atoms with van der Waals surface area (Å²) in [6.45, 7) is 4.77. The first-order valence-electron chi connectivity index (χ1n) is 10.3. The summed E-state index contributed by atoms with van der Waals surface area (Å²) in [4.78, 5) is 20.3. The van der Waals surface area contributed by atoms with Gasteiger partial charge in [0.05, 0.1) is 30.1 Å². The molecule has 0 aromatic carbocycles. The Morgan fingerprint density at radius 3 is 2.72 bits per heavy atom. The van der Waals surface area contributed by atoms with E-state index in [-0.39, 0.29) is 6.61 Å². The lowest BCUT2D eigenvalue weighted by atomic mass is 10.1. The highest BCUT2D eigenvalue weighted by molar-refractivity contribution is 5.85. The van der Waals surface area contributed by atoms with Crippen molar-refractivity contribution in [1.29, 1.82) is 5.26 Å². The number of carbonyl (C=O) groups excluding carboxylic acids is 1. The van der Waals surface area contributed by atoms with Gasteiger partial charge in [-0.05, 0) is 25.1 Å². The van der Waals surface area contributed by atoms with Crippen molar-refractivity contribution in [2.45, 2.75) is 6.92 Å². The molecule has 1 aliphatic rings. The van der Waals surface area contributed by atoms with Crippen molar-refractivity contribution in [2.75, 3.05) is 44.3 Å². The zero-order chi connectivity index (χ0) is 22.5. The van der Waals surface area contributed by atoms with Crippen LogP contribution in [0.2, 0.25) is 0 Å². The van der Waals surface area contributed by atoms with Crippen LogP contribution in [0.25, 0.3) is 16.6 Å². The molecule has 0 aliphatic carbocycles. The fraction of sp³-hybridized carbons (Fsp3) is 0.304. The van der Waals surface area contributed by atoms with Gasteiger partial charge in [0.1, 0.15) is 17.6 Å². The van der Waals surface area contributed by atoms with E-state index in [9.17, 15) is 10.1 Å². The number of ether oxygens (including phenoxy) is 2. The van der Waals surface area contributed by atoms with Crippen LogP contribution >= 0.6 is 0 Å². The minimum atomic E-state index is -0.391. The molecule has 1 saturated heterocycles. The van der Waals surface area contributed by atoms with Crippen LogP contribution < -0.4 is 9.64 Å². The number of nitriles is 1. The summed E-state index contributed by atoms with van der Waals surface area (Å²) in [6, 6.07) is 8.00. The molecule has 0 N–H and O–H groups in total. The third-order valence-corrected chi connectivity index (χ3v) is 5.22. The van der Waals surface area contributed by atoms with Crippen LogP contribution in [0.15, 0.2) is 36.8 Å². The third kappa shape index (κ3) is 4.14. The summed E-state index contributed by atoms with van der Waals surface area (Å²) in [5.41, 5.74) is 2.88. The Kier molecular flexibility index (Phi) is 6.09. The van der Waals surface area contributed by atoms with Gasteiger partial charge in [-0.3, -0.25) is 0 Å². The summed E-state index contributed by atoms with van der Waals surface area (Å²) in [5, 5.41) is 13.8. The molecule has 4 rings (SSSR count). The average molecular weight is 430 g/mol. The molecular weight excluding hydrogens is 408 g/mol. The zero-order valence-electron chi connectivity index (χ0n) is 17.7. The van der Waals surface area contributed by atoms with Crippen LogP contribution in [0.3, 0.4) is 0 Å². The maximum atomic E-state index is 11.9. The number of hydrogen-bond acceptors (Lipinski definition) is 7. The van der Waals surface area contributed by atoms with Gasteiger partial charge in [0.2, 0.25) is 0 Å². The molecule has 0 radical (unpaired) electrons. The number of piperazine rings is 1. The number of carbonyl (C=O) groups is 1. The number of anilines is 1. The molecule has 162 valence electrons. The first-order valence-corrected chi connectivity index (χ1v) is 10.3. The Morgan fingerprint density at radius 2 is 2.06 bits per heavy atom. The molecule has 4 heterocycles. The summed E-state index contributed by atoms with van der Waals surface area (Å²) < 4.78 is 12.3. The topological polar surface area (TPSA) is 96.0 Å². The number of rotatable bonds is 5. The van der Waals surface area contributed by atoms with Crippen molar-refractivity contribution in [3.8, 4) is 35.3 Å². The summed E-state index contributed by atoms with van der Waals surface area (Å²) in [6.07, 6.45) is 9.83. The number of pyridine rings is 2. The predicted molar refractivity (Wildman–Crippen MR) is 118 cm³/mol. The minimum Gasteiger partial charge on any atom is -0.492 e. The van der Waals surface area contributed by atoms with Crippen molar-refractivity contribution in [2.24, 2.45) is 0 Å². The van der Waals surface area contributed by atoms with E-state index in [0.717, 1.165) is 16.9 Å². The SMILES string of the molecule is C#CCOC(=O)N1CCN(c2ccc(-c3cc(OCC)cn4ncc(C#N)c34)cn2)CC1. The van der Waals surface area contributed by atoms with Crippen LogP contribution in [-0.4, -0.2) is 65.0 Å². The van der Waals surface area contributed by atoms with Gasteiger partial charge in [-0.15, -0.1) is 6.42 Å². The quantitative estimate of drug-likeness (QED) is 0.574. The lowest BCUT2D eigenvalue weighted by Crippen LogP contribution is -2.49. The van der Waals surface area contributed by atoms with Crippen LogP contribution in [0.4, 0.5) is 10.6 Å². The monoisotopic (exact) mass is 430 g/mol. The first-order chi connectivity index (χ1) is 15.6. The molecule has 9 heteroatoms. The number of nitrogens with zero attached hydrogens (tertiary/aromatic N) is 6. The Morgan fingerprint density at radius 1 is 1.25 bits per heavy atom. The molecule has 0 saturated carbocycles. The molecule has 0 unspecified atom stereocenters. The van der Waals surface area contributed by atoms with Crippen molar-refractivity contribution in [3.05, 3.63) is 42.4 Å². The maximum Gasteiger partial charge on any atom is 0.410 e. The average Bonchev–Trinajstić information content (AvgIpc) is 3.25. The highest BCUT2D eigenvalue weighted by Gasteiger charge is 2.23. The molecule has 0 spiro atoms. The molecule has 0 bridgehead atoms. The van der Waals surface area contributed by atoms with E-state index in [2.05, 4.69) is 27.0 Å². The summed E-state index contributed by atoms with van der Waals surface area (Å²) in [5.74, 6) is 3.78. The molecule has 3 aromatic heterocycles. The van der Waals surface area contributed by atoms with Gasteiger partial charge in [-0.25, -0.2) is 14.3 Å². The molecule has 0 atom stereocenters. The van der Waals surface area contributed by atoms with E-state index in [4.69, 9.17) is 15.9 Å². The molecule has 1 amide bonds. The maximum absolute atomic E-state index is 11.9. The van der Waals surface area contributed by atoms with Crippen molar-refractivity contribution >= 4 is 17.4 Å². The largest absolute Gasteiger partial charge is 0.492 e. The highest BCUT2D eigenvalue weighted by atomic mass is 16.6. The zero-order valence-corrected chi connectivity index (χ0v) is 17.7. The second-order valence-electron chi connectivity index (χ2n) is 7.12. The summed E-state index contributed by atoms with van der Waals surface area (Å²) >= 11 is 0. The number of fused-ring (bicyclic) bond motifs is 1. The van der Waals surface area contributed by atoms with Crippen molar-refractivity contribution < 1.29 is 14.3 Å². The molecule has 9 nitrogen and oxygen atoms in total. The lowest BCUT2D eigenvalue weighted by Gasteiger charge is -2.34. The normalized spacial score (nSPS) is 13.5. The van der Waals surface area contributed by atoms with Gasteiger partial charge >= 0.3 is 6.09 Å². The van der Waals surface area contributed by atoms with Gasteiger partial charge in [0.15, 0.2) is 6.61 Å². The van der Waals surface area contributed by atoms with Gasteiger partial charge in [-0.1, -0.05) is 5.92 Å². The highest BCUT2D eigenvalue weighted by Crippen LogP contribution is 2.31. The Bertz CT molecular complexity index is 1200. The molecule has 3 aromatic rings. The van der Waals surface area contributed by atoms with E-state index in [1.54, 1.807) is 28.0 Å². The first kappa shape index (κ1) is 21.0. The molecule has 1 fully saturated rings. The standard InChI is InChI=1S/C23H22N6O3/c1-3-11-32-23(30)28-9-7-27(8-10-28)21-6-5-17(14-25-21)20-12-19(31-4-2)16-29-22(20)18(13-24)15-26-29/h1,5-6,12,14-16H,4,7-11H2,2H3. The number of terminal acetylenes is 1. The molecule has 32 heavy (non-hydrogen) atoms. The van der Waals surface area contributed by atoms with E-state index in [0.29, 0.717) is 49.6 Å². The van der Waals surface area contributed by atoms with E-state index < -0.39 is 6.09 Å². The lowest BCUT2D eigenvalue weighted by molar-refractivity contribution is 0.111. The van der Waals surface area contributed by atoms with Gasteiger partial charge in [0, 0.05) is 43.5 Å². The van der Waals surface area contributed by atoms with Crippen LogP contribution in [0.5, 0.6) is 5.75 Å². The van der Waals surface area contributed by atoms with E-state index in [1.165, 1.54) is 0 Å². The Hall–Kier alpha value is -4.24. The number of amides is 1. The summed E-state index contributed by atoms with van der Waals surface area (Å²) in [7, 11) is 0. The second kappa shape index (κ2) is 9.27. The fourth-order valence-electron chi connectivity index (χ4n) is 3.69. The van der Waals surface area contributed by atoms with Gasteiger partial charge in [-0.2, -0.15) is 10.4 Å². The van der Waals surface area contributed by atoms with Crippen molar-refractivity contribution in [1.82, 2.24) is 19.5 Å². The molecule has 1 aliphatic heterocycles. The van der Waals surface area contributed by atoms with E-state index in [1.807, 2.05) is 25.1 Å². The van der Waals surface area contributed by atoms with Crippen LogP contribution in [0.1, 0.15) is 12.5 Å². The Balaban J connectivity index is 1.54. The van der Waals surface area contributed by atoms with Crippen LogP contribution in [0, 0.1) is 23.7 Å². The third-order valence-electron chi connectivity index (χ3n) is 5.22. The second-order valence-corrected chi connectivity index (χ2v) is 7.12. The van der Waals surface area contributed by atoms with Crippen molar-refractivity contribution in [3.63, 3.8) is 0 Å². The van der Waals surface area contributed by atoms with Gasteiger partial charge < -0.3 is 19.3 Å². The minimum absolute atomic E-state index is 0.0233. The fourth-order valence-corrected chi connectivity index (χ4v) is 3.69. The van der Waals surface area contributed by atoms with E-state index >= 15 is 0 Å². The molecular formula is C23H22N6O3. The Labute approximate surface area is 185 Å². The van der Waals surface area contributed by atoms with Crippen LogP contribution in [-0.2, 0) is 4.74 Å². The number of hydrogen-bond donors (Lipinski definition) is 0. The smallest absolute Gasteiger partial charge is 0.410 e. The predicted octanol–water partition coefficient (Wildman–Crippen LogP) is 2.56. The van der Waals surface area contributed by atoms with Gasteiger partial charge in [0.25, 0.3) is 0 Å².